The number of amides is 1. The summed E-state index contributed by atoms with van der Waals surface area (Å²) in [6, 6.07) is 14.3. The molecule has 2 aliphatic heterocycles. The van der Waals surface area contributed by atoms with Gasteiger partial charge < -0.3 is 14.6 Å². The lowest BCUT2D eigenvalue weighted by molar-refractivity contribution is 0.0342. The Morgan fingerprint density at radius 2 is 1.93 bits per heavy atom. The van der Waals surface area contributed by atoms with Gasteiger partial charge in [-0.25, -0.2) is 4.98 Å². The smallest absolute Gasteiger partial charge is 0.253 e. The lowest BCUT2D eigenvalue weighted by Gasteiger charge is -2.26. The van der Waals surface area contributed by atoms with Gasteiger partial charge in [0.2, 0.25) is 0 Å². The van der Waals surface area contributed by atoms with Crippen LogP contribution in [0, 0.1) is 0 Å². The third-order valence-corrected chi connectivity index (χ3v) is 5.33. The number of morpholine rings is 1. The van der Waals surface area contributed by atoms with E-state index in [1.54, 1.807) is 0 Å². The quantitative estimate of drug-likeness (QED) is 0.777. The van der Waals surface area contributed by atoms with Crippen molar-refractivity contribution >= 4 is 16.9 Å². The van der Waals surface area contributed by atoms with Crippen molar-refractivity contribution in [1.29, 1.82) is 0 Å². The Morgan fingerprint density at radius 1 is 1.07 bits per heavy atom. The second kappa shape index (κ2) is 6.79. The van der Waals surface area contributed by atoms with Crippen molar-refractivity contribution in [1.82, 2.24) is 19.8 Å². The molecule has 1 aromatic heterocycles. The van der Waals surface area contributed by atoms with E-state index in [-0.39, 0.29) is 5.91 Å². The van der Waals surface area contributed by atoms with Gasteiger partial charge in [0, 0.05) is 38.3 Å². The fraction of sp³-hybridized carbons (Fsp3) is 0.333. The Labute approximate surface area is 157 Å². The fourth-order valence-electron chi connectivity index (χ4n) is 4.01. The largest absolute Gasteiger partial charge is 0.379 e. The Bertz CT molecular complexity index is 1000. The van der Waals surface area contributed by atoms with Crippen LogP contribution in [0.25, 0.3) is 22.4 Å². The maximum Gasteiger partial charge on any atom is 0.253 e. The highest BCUT2D eigenvalue weighted by molar-refractivity contribution is 6.06. The topological polar surface area (TPSA) is 59.4 Å². The summed E-state index contributed by atoms with van der Waals surface area (Å²) in [4.78, 5) is 19.6. The van der Waals surface area contributed by atoms with Gasteiger partial charge in [-0.15, -0.1) is 0 Å². The number of benzene rings is 2. The van der Waals surface area contributed by atoms with Crippen molar-refractivity contribution in [2.24, 2.45) is 0 Å². The molecule has 5 rings (SSSR count). The molecule has 0 radical (unpaired) electrons. The highest BCUT2D eigenvalue weighted by atomic mass is 16.5. The van der Waals surface area contributed by atoms with Crippen molar-refractivity contribution < 1.29 is 9.53 Å². The van der Waals surface area contributed by atoms with E-state index < -0.39 is 0 Å². The van der Waals surface area contributed by atoms with E-state index in [9.17, 15) is 4.79 Å². The number of para-hydroxylation sites is 1. The standard InChI is InChI=1S/C21H22N4O2/c26-21-17-5-2-6-18-19(17)25(8-7-22-21)20(23-18)16-4-1-3-15(13-16)14-24-9-11-27-12-10-24/h1-6,13H,7-12,14H2,(H,22,26). The number of carbonyl (C=O) groups excluding carboxylic acids is 1. The van der Waals surface area contributed by atoms with Gasteiger partial charge in [-0.2, -0.15) is 0 Å². The molecule has 1 saturated heterocycles. The number of imidazole rings is 1. The van der Waals surface area contributed by atoms with Crippen molar-refractivity contribution in [3.63, 3.8) is 0 Å². The first-order valence-electron chi connectivity index (χ1n) is 9.46. The maximum atomic E-state index is 12.3. The molecule has 6 nitrogen and oxygen atoms in total. The molecule has 1 N–H and O–H groups in total. The van der Waals surface area contributed by atoms with Gasteiger partial charge in [-0.05, 0) is 23.8 Å². The molecule has 0 spiro atoms. The van der Waals surface area contributed by atoms with Crippen LogP contribution in [0.5, 0.6) is 0 Å². The van der Waals surface area contributed by atoms with E-state index in [1.807, 2.05) is 18.2 Å². The predicted octanol–water partition coefficient (Wildman–Crippen LogP) is 2.28. The summed E-state index contributed by atoms with van der Waals surface area (Å²) < 4.78 is 7.62. The van der Waals surface area contributed by atoms with E-state index in [0.717, 1.165) is 61.8 Å². The molecule has 0 bridgehead atoms. The molecule has 3 aromatic rings. The second-order valence-corrected chi connectivity index (χ2v) is 7.11. The zero-order valence-corrected chi connectivity index (χ0v) is 15.1. The Morgan fingerprint density at radius 3 is 2.81 bits per heavy atom. The molecular formula is C21H22N4O2. The van der Waals surface area contributed by atoms with Crippen LogP contribution < -0.4 is 5.32 Å². The summed E-state index contributed by atoms with van der Waals surface area (Å²) in [6.45, 7) is 5.81. The van der Waals surface area contributed by atoms with Crippen LogP contribution in [0.4, 0.5) is 0 Å². The summed E-state index contributed by atoms with van der Waals surface area (Å²) in [5.41, 5.74) is 4.88. The summed E-state index contributed by atoms with van der Waals surface area (Å²) in [5.74, 6) is 0.907. The van der Waals surface area contributed by atoms with Crippen molar-refractivity contribution in [2.75, 3.05) is 32.8 Å². The third-order valence-electron chi connectivity index (χ3n) is 5.33. The maximum absolute atomic E-state index is 12.3. The zero-order valence-electron chi connectivity index (χ0n) is 15.1. The van der Waals surface area contributed by atoms with Gasteiger partial charge in [-0.1, -0.05) is 24.3 Å². The first-order valence-corrected chi connectivity index (χ1v) is 9.46. The van der Waals surface area contributed by atoms with E-state index in [4.69, 9.17) is 9.72 Å². The first-order chi connectivity index (χ1) is 13.3. The van der Waals surface area contributed by atoms with Crippen LogP contribution >= 0.6 is 0 Å². The van der Waals surface area contributed by atoms with Crippen LogP contribution in [-0.4, -0.2) is 53.2 Å². The minimum atomic E-state index is -0.0214. The normalized spacial score (nSPS) is 17.7. The molecule has 3 heterocycles. The van der Waals surface area contributed by atoms with E-state index in [2.05, 4.69) is 39.0 Å². The van der Waals surface area contributed by atoms with Crippen LogP contribution in [0.3, 0.4) is 0 Å². The van der Waals surface area contributed by atoms with Gasteiger partial charge >= 0.3 is 0 Å². The number of nitrogens with zero attached hydrogens (tertiary/aromatic N) is 3. The summed E-state index contributed by atoms with van der Waals surface area (Å²) in [5, 5.41) is 2.98. The average molecular weight is 362 g/mol. The number of hydrogen-bond donors (Lipinski definition) is 1. The minimum absolute atomic E-state index is 0.0214. The number of nitrogens with one attached hydrogen (secondary N) is 1. The highest BCUT2D eigenvalue weighted by Crippen LogP contribution is 2.29. The van der Waals surface area contributed by atoms with E-state index in [0.29, 0.717) is 12.1 Å². The van der Waals surface area contributed by atoms with E-state index in [1.165, 1.54) is 5.56 Å². The number of aromatic nitrogens is 2. The van der Waals surface area contributed by atoms with Gasteiger partial charge in [0.25, 0.3) is 5.91 Å². The molecule has 0 aliphatic carbocycles. The fourth-order valence-corrected chi connectivity index (χ4v) is 4.01. The lowest BCUT2D eigenvalue weighted by atomic mass is 10.1. The number of ether oxygens (including phenoxy) is 1. The molecule has 6 heteroatoms. The monoisotopic (exact) mass is 362 g/mol. The van der Waals surface area contributed by atoms with Crippen LogP contribution in [-0.2, 0) is 17.8 Å². The Hall–Kier alpha value is -2.70. The molecule has 2 aliphatic rings. The van der Waals surface area contributed by atoms with E-state index >= 15 is 0 Å². The highest BCUT2D eigenvalue weighted by Gasteiger charge is 2.22. The van der Waals surface area contributed by atoms with Crippen LogP contribution in [0.1, 0.15) is 15.9 Å². The molecule has 27 heavy (non-hydrogen) atoms. The van der Waals surface area contributed by atoms with Crippen molar-refractivity contribution in [3.8, 4) is 11.4 Å². The first kappa shape index (κ1) is 16.5. The lowest BCUT2D eigenvalue weighted by Crippen LogP contribution is -2.35. The molecule has 2 aromatic carbocycles. The van der Waals surface area contributed by atoms with Crippen LogP contribution in [0.2, 0.25) is 0 Å². The number of rotatable bonds is 3. The van der Waals surface area contributed by atoms with Gasteiger partial charge in [0.15, 0.2) is 0 Å². The molecule has 1 fully saturated rings. The van der Waals surface area contributed by atoms with Crippen molar-refractivity contribution in [3.05, 3.63) is 53.6 Å². The SMILES string of the molecule is O=C1NCCn2c(-c3cccc(CN4CCOCC4)c3)nc3cccc1c32. The zero-order chi connectivity index (χ0) is 18.2. The van der Waals surface area contributed by atoms with Crippen LogP contribution in [0.15, 0.2) is 42.5 Å². The molecule has 138 valence electrons. The summed E-state index contributed by atoms with van der Waals surface area (Å²) >= 11 is 0. The minimum Gasteiger partial charge on any atom is -0.379 e. The second-order valence-electron chi connectivity index (χ2n) is 7.11. The molecular weight excluding hydrogens is 340 g/mol. The average Bonchev–Trinajstić information content (AvgIpc) is 2.98. The summed E-state index contributed by atoms with van der Waals surface area (Å²) in [6.07, 6.45) is 0. The number of carbonyl (C=O) groups is 1. The van der Waals surface area contributed by atoms with Gasteiger partial charge in [0.05, 0.1) is 29.8 Å². The molecule has 0 unspecified atom stereocenters. The third kappa shape index (κ3) is 3.01. The Balaban J connectivity index is 1.55. The summed E-state index contributed by atoms with van der Waals surface area (Å²) in [7, 11) is 0. The van der Waals surface area contributed by atoms with Crippen molar-refractivity contribution in [2.45, 2.75) is 13.1 Å². The van der Waals surface area contributed by atoms with Gasteiger partial charge in [-0.3, -0.25) is 9.69 Å². The molecule has 0 saturated carbocycles. The van der Waals surface area contributed by atoms with Gasteiger partial charge in [0.1, 0.15) is 5.82 Å². The molecule has 1 amide bonds. The number of hydrogen-bond acceptors (Lipinski definition) is 4. The predicted molar refractivity (Wildman–Crippen MR) is 104 cm³/mol. The Kier molecular flexibility index (Phi) is 4.14. The molecule has 0 atom stereocenters.